The summed E-state index contributed by atoms with van der Waals surface area (Å²) in [7, 11) is 0. The standard InChI is InChI=1S/C48H32N2O2/c1-3-15-33(16-4-1)49(35-27-29-41-39-21-9-13-25-45(39)51-47(41)31-35)43-23-11-7-19-37(43)38-20-8-12-24-44(38)50(34-17-5-2-6-18-34)36-28-30-42-40-22-10-14-26-46(40)52-48(42)32-36/h1-32H. The first-order valence-corrected chi connectivity index (χ1v) is 17.5. The lowest BCUT2D eigenvalue weighted by Gasteiger charge is -2.31. The number of rotatable bonds is 7. The van der Waals surface area contributed by atoms with E-state index in [1.807, 2.05) is 24.3 Å². The monoisotopic (exact) mass is 668 g/mol. The fourth-order valence-electron chi connectivity index (χ4n) is 7.51. The van der Waals surface area contributed by atoms with Crippen molar-refractivity contribution in [1.82, 2.24) is 0 Å². The highest BCUT2D eigenvalue weighted by atomic mass is 16.3. The molecule has 2 heterocycles. The van der Waals surface area contributed by atoms with Gasteiger partial charge in [0.1, 0.15) is 22.3 Å². The van der Waals surface area contributed by atoms with Crippen molar-refractivity contribution < 1.29 is 8.83 Å². The smallest absolute Gasteiger partial charge is 0.137 e. The Kier molecular flexibility index (Phi) is 7.10. The van der Waals surface area contributed by atoms with E-state index in [-0.39, 0.29) is 0 Å². The molecule has 0 unspecified atom stereocenters. The molecule has 0 bridgehead atoms. The second-order valence-corrected chi connectivity index (χ2v) is 12.9. The summed E-state index contributed by atoms with van der Waals surface area (Å²) in [5, 5.41) is 4.44. The van der Waals surface area contributed by atoms with Crippen molar-refractivity contribution in [3.63, 3.8) is 0 Å². The van der Waals surface area contributed by atoms with Gasteiger partial charge in [-0.3, -0.25) is 0 Å². The highest BCUT2D eigenvalue weighted by Gasteiger charge is 2.23. The molecule has 0 atom stereocenters. The van der Waals surface area contributed by atoms with Crippen molar-refractivity contribution in [2.75, 3.05) is 9.80 Å². The molecule has 0 saturated heterocycles. The van der Waals surface area contributed by atoms with E-state index in [2.05, 4.69) is 180 Å². The average molecular weight is 669 g/mol. The van der Waals surface area contributed by atoms with Gasteiger partial charge in [-0.15, -0.1) is 0 Å². The first-order valence-electron chi connectivity index (χ1n) is 17.5. The Balaban J connectivity index is 1.17. The maximum Gasteiger partial charge on any atom is 0.137 e. The third kappa shape index (κ3) is 5.00. The van der Waals surface area contributed by atoms with E-state index in [0.717, 1.165) is 89.1 Å². The van der Waals surface area contributed by atoms with Crippen molar-refractivity contribution in [1.29, 1.82) is 0 Å². The second-order valence-electron chi connectivity index (χ2n) is 12.9. The average Bonchev–Trinajstić information content (AvgIpc) is 3.77. The van der Waals surface area contributed by atoms with Crippen LogP contribution < -0.4 is 9.80 Å². The summed E-state index contributed by atoms with van der Waals surface area (Å²) in [5.74, 6) is 0. The number of para-hydroxylation sites is 6. The topological polar surface area (TPSA) is 32.8 Å². The van der Waals surface area contributed by atoms with Gasteiger partial charge in [0, 0.05) is 67.6 Å². The van der Waals surface area contributed by atoms with E-state index in [0.29, 0.717) is 0 Å². The highest BCUT2D eigenvalue weighted by molar-refractivity contribution is 6.08. The van der Waals surface area contributed by atoms with E-state index >= 15 is 0 Å². The predicted octanol–water partition coefficient (Wildman–Crippen LogP) is 14.1. The van der Waals surface area contributed by atoms with Crippen LogP contribution in [0.5, 0.6) is 0 Å². The molecule has 10 aromatic rings. The molecule has 0 amide bonds. The molecule has 0 N–H and O–H groups in total. The van der Waals surface area contributed by atoms with Crippen molar-refractivity contribution in [2.24, 2.45) is 0 Å². The number of hydrogen-bond acceptors (Lipinski definition) is 4. The van der Waals surface area contributed by atoms with Crippen LogP contribution in [0.1, 0.15) is 0 Å². The number of nitrogens with zero attached hydrogens (tertiary/aromatic N) is 2. The van der Waals surface area contributed by atoms with Crippen molar-refractivity contribution >= 4 is 78.0 Å². The summed E-state index contributed by atoms with van der Waals surface area (Å²) >= 11 is 0. The summed E-state index contributed by atoms with van der Waals surface area (Å²) in [6.07, 6.45) is 0. The molecule has 0 spiro atoms. The van der Waals surface area contributed by atoms with Gasteiger partial charge >= 0.3 is 0 Å². The molecule has 0 radical (unpaired) electrons. The largest absolute Gasteiger partial charge is 0.456 e. The summed E-state index contributed by atoms with van der Waals surface area (Å²) in [6, 6.07) is 67.9. The molecule has 0 aliphatic carbocycles. The molecule has 0 fully saturated rings. The third-order valence-electron chi connectivity index (χ3n) is 9.85. The van der Waals surface area contributed by atoms with Crippen LogP contribution in [0.3, 0.4) is 0 Å². The van der Waals surface area contributed by atoms with Crippen molar-refractivity contribution in [3.05, 3.63) is 194 Å². The van der Waals surface area contributed by atoms with E-state index in [9.17, 15) is 0 Å². The zero-order chi connectivity index (χ0) is 34.4. The van der Waals surface area contributed by atoms with Gasteiger partial charge in [0.05, 0.1) is 11.4 Å². The Labute approximate surface area is 301 Å². The fourth-order valence-corrected chi connectivity index (χ4v) is 7.51. The van der Waals surface area contributed by atoms with Gasteiger partial charge in [-0.25, -0.2) is 0 Å². The van der Waals surface area contributed by atoms with Crippen molar-refractivity contribution in [2.45, 2.75) is 0 Å². The molecule has 10 rings (SSSR count). The lowest BCUT2D eigenvalue weighted by Crippen LogP contribution is -2.13. The van der Waals surface area contributed by atoms with Crippen LogP contribution in [0.25, 0.3) is 55.0 Å². The first kappa shape index (κ1) is 29.8. The van der Waals surface area contributed by atoms with Gasteiger partial charge in [-0.2, -0.15) is 0 Å². The zero-order valence-corrected chi connectivity index (χ0v) is 28.2. The van der Waals surface area contributed by atoms with Gasteiger partial charge in [-0.1, -0.05) is 109 Å². The minimum atomic E-state index is 0.855. The van der Waals surface area contributed by atoms with Crippen LogP contribution in [0.2, 0.25) is 0 Å². The second kappa shape index (κ2) is 12.4. The van der Waals surface area contributed by atoms with Crippen LogP contribution in [0.4, 0.5) is 34.1 Å². The van der Waals surface area contributed by atoms with Gasteiger partial charge in [0.2, 0.25) is 0 Å². The number of furan rings is 2. The summed E-state index contributed by atoms with van der Waals surface area (Å²) in [4.78, 5) is 4.65. The normalized spacial score (nSPS) is 11.5. The molecular weight excluding hydrogens is 637 g/mol. The van der Waals surface area contributed by atoms with Crippen molar-refractivity contribution in [3.8, 4) is 11.1 Å². The molecule has 2 aromatic heterocycles. The van der Waals surface area contributed by atoms with Gasteiger partial charge in [0.25, 0.3) is 0 Å². The maximum absolute atomic E-state index is 6.39. The Hall–Kier alpha value is -7.04. The maximum atomic E-state index is 6.39. The van der Waals surface area contributed by atoms with Crippen LogP contribution >= 0.6 is 0 Å². The minimum absolute atomic E-state index is 0.855. The van der Waals surface area contributed by atoms with Gasteiger partial charge < -0.3 is 18.6 Å². The molecule has 4 nitrogen and oxygen atoms in total. The molecule has 0 saturated carbocycles. The number of anilines is 6. The first-order chi connectivity index (χ1) is 25.8. The van der Waals surface area contributed by atoms with E-state index in [4.69, 9.17) is 8.83 Å². The Bertz CT molecular complexity index is 2670. The molecule has 8 aromatic carbocycles. The number of fused-ring (bicyclic) bond motifs is 6. The lowest BCUT2D eigenvalue weighted by molar-refractivity contribution is 0.668. The molecule has 0 aliphatic rings. The van der Waals surface area contributed by atoms with Crippen LogP contribution in [-0.2, 0) is 0 Å². The molecule has 246 valence electrons. The van der Waals surface area contributed by atoms with E-state index in [1.54, 1.807) is 0 Å². The quantitative estimate of drug-likeness (QED) is 0.169. The Morgan fingerprint density at radius 3 is 1.10 bits per heavy atom. The SMILES string of the molecule is c1ccc(N(c2ccc3c(c2)oc2ccccc23)c2ccccc2-c2ccccc2N(c2ccccc2)c2ccc3c(c2)oc2ccccc23)cc1. The van der Waals surface area contributed by atoms with E-state index in [1.165, 1.54) is 0 Å². The molecule has 4 heteroatoms. The molecule has 0 aliphatic heterocycles. The molecule has 52 heavy (non-hydrogen) atoms. The Morgan fingerprint density at radius 1 is 0.269 bits per heavy atom. The number of benzene rings is 8. The van der Waals surface area contributed by atoms with E-state index < -0.39 is 0 Å². The van der Waals surface area contributed by atoms with Gasteiger partial charge in [0.15, 0.2) is 0 Å². The third-order valence-corrected chi connectivity index (χ3v) is 9.85. The lowest BCUT2D eigenvalue weighted by atomic mass is 9.98. The van der Waals surface area contributed by atoms with Crippen LogP contribution in [0.15, 0.2) is 203 Å². The summed E-state index contributed by atoms with van der Waals surface area (Å²) < 4.78 is 12.8. The summed E-state index contributed by atoms with van der Waals surface area (Å²) in [5.41, 5.74) is 11.9. The zero-order valence-electron chi connectivity index (χ0n) is 28.2. The summed E-state index contributed by atoms with van der Waals surface area (Å²) in [6.45, 7) is 0. The fraction of sp³-hybridized carbons (Fsp3) is 0. The number of hydrogen-bond donors (Lipinski definition) is 0. The highest BCUT2D eigenvalue weighted by Crippen LogP contribution is 2.47. The molecular formula is C48H32N2O2. The minimum Gasteiger partial charge on any atom is -0.456 e. The van der Waals surface area contributed by atoms with Crippen LogP contribution in [-0.4, -0.2) is 0 Å². The predicted molar refractivity (Wildman–Crippen MR) is 216 cm³/mol. The van der Waals surface area contributed by atoms with Crippen LogP contribution in [0, 0.1) is 0 Å². The van der Waals surface area contributed by atoms with Gasteiger partial charge in [-0.05, 0) is 72.8 Å². The Morgan fingerprint density at radius 2 is 0.635 bits per heavy atom.